The lowest BCUT2D eigenvalue weighted by atomic mass is 9.86. The molecule has 0 saturated heterocycles. The number of nitrogens with one attached hydrogen (secondary N) is 2. The van der Waals surface area contributed by atoms with Crippen LogP contribution in [0.3, 0.4) is 0 Å². The lowest BCUT2D eigenvalue weighted by Gasteiger charge is -2.25. The molecule has 1 aliphatic carbocycles. The molecule has 1 heterocycles. The van der Waals surface area contributed by atoms with Gasteiger partial charge in [-0.05, 0) is 36.4 Å². The molecule has 3 heteroatoms. The Morgan fingerprint density at radius 1 is 1.50 bits per heavy atom. The summed E-state index contributed by atoms with van der Waals surface area (Å²) >= 11 is 0. The summed E-state index contributed by atoms with van der Waals surface area (Å²) in [6.45, 7) is 7.44. The molecule has 0 amide bonds. The highest BCUT2D eigenvalue weighted by Crippen LogP contribution is 2.43. The van der Waals surface area contributed by atoms with Gasteiger partial charge in [-0.3, -0.25) is 0 Å². The second kappa shape index (κ2) is 4.22. The molecule has 1 aliphatic rings. The van der Waals surface area contributed by atoms with Crippen molar-refractivity contribution < 1.29 is 0 Å². The first-order valence-corrected chi connectivity index (χ1v) is 6.12. The normalized spacial score (nSPS) is 18.7. The topological polar surface area (TPSA) is 53.8 Å². The van der Waals surface area contributed by atoms with Crippen LogP contribution in [0.4, 0.5) is 0 Å². The Kier molecular flexibility index (Phi) is 3.08. The van der Waals surface area contributed by atoms with Crippen LogP contribution in [0.1, 0.15) is 32.3 Å². The van der Waals surface area contributed by atoms with E-state index in [-0.39, 0.29) is 5.41 Å². The summed E-state index contributed by atoms with van der Waals surface area (Å²) in [5, 5.41) is 3.57. The third kappa shape index (κ3) is 2.47. The maximum atomic E-state index is 5.77. The zero-order chi connectivity index (χ0) is 11.6. The Bertz CT molecular complexity index is 323. The first-order chi connectivity index (χ1) is 7.58. The van der Waals surface area contributed by atoms with Crippen LogP contribution in [-0.2, 0) is 5.41 Å². The Labute approximate surface area is 97.8 Å². The second-order valence-electron chi connectivity index (χ2n) is 5.79. The van der Waals surface area contributed by atoms with Crippen molar-refractivity contribution in [2.45, 2.75) is 32.1 Å². The Morgan fingerprint density at radius 2 is 2.25 bits per heavy atom. The maximum absolute atomic E-state index is 5.77. The average molecular weight is 221 g/mol. The summed E-state index contributed by atoms with van der Waals surface area (Å²) in [6.07, 6.45) is 6.65. The smallest absolute Gasteiger partial charge is 0.00439 e. The molecular weight excluding hydrogens is 198 g/mol. The summed E-state index contributed by atoms with van der Waals surface area (Å²) in [5.74, 6) is 0. The van der Waals surface area contributed by atoms with Gasteiger partial charge in [-0.1, -0.05) is 13.8 Å². The Morgan fingerprint density at radius 3 is 2.75 bits per heavy atom. The van der Waals surface area contributed by atoms with Crippen LogP contribution in [0.15, 0.2) is 18.5 Å². The molecule has 2 rings (SSSR count). The van der Waals surface area contributed by atoms with Crippen LogP contribution in [-0.4, -0.2) is 24.6 Å². The van der Waals surface area contributed by atoms with Crippen molar-refractivity contribution in [1.29, 1.82) is 0 Å². The molecular formula is C13H23N3. The van der Waals surface area contributed by atoms with Crippen molar-refractivity contribution in [3.63, 3.8) is 0 Å². The van der Waals surface area contributed by atoms with Crippen molar-refractivity contribution >= 4 is 0 Å². The third-order valence-corrected chi connectivity index (χ3v) is 3.84. The lowest BCUT2D eigenvalue weighted by Crippen LogP contribution is -2.37. The summed E-state index contributed by atoms with van der Waals surface area (Å²) in [5.41, 5.74) is 7.74. The van der Waals surface area contributed by atoms with Crippen LogP contribution in [0.5, 0.6) is 0 Å². The maximum Gasteiger partial charge on any atom is 0.00439 e. The molecule has 90 valence electrons. The van der Waals surface area contributed by atoms with E-state index in [1.165, 1.54) is 18.4 Å². The van der Waals surface area contributed by atoms with Gasteiger partial charge in [-0.25, -0.2) is 0 Å². The largest absolute Gasteiger partial charge is 0.367 e. The fourth-order valence-electron chi connectivity index (χ4n) is 2.12. The van der Waals surface area contributed by atoms with Crippen molar-refractivity contribution in [2.24, 2.45) is 11.1 Å². The van der Waals surface area contributed by atoms with Crippen molar-refractivity contribution in [3.05, 3.63) is 24.0 Å². The molecule has 1 saturated carbocycles. The van der Waals surface area contributed by atoms with Gasteiger partial charge in [0.15, 0.2) is 0 Å². The predicted molar refractivity (Wildman–Crippen MR) is 67.4 cm³/mol. The standard InChI is InChI=1S/C13H23N3/c1-12(2,11-3-6-15-7-11)9-16-10-13(8-14)4-5-13/h3,6-7,15-16H,4-5,8-10,14H2,1-2H3. The SMILES string of the molecule is CC(C)(CNCC1(CN)CC1)c1cc[nH]c1. The molecule has 1 aromatic rings. The first kappa shape index (κ1) is 11.7. The second-order valence-corrected chi connectivity index (χ2v) is 5.79. The number of H-pyrrole nitrogens is 1. The summed E-state index contributed by atoms with van der Waals surface area (Å²) in [4.78, 5) is 3.12. The summed E-state index contributed by atoms with van der Waals surface area (Å²) in [7, 11) is 0. The molecule has 1 fully saturated rings. The van der Waals surface area contributed by atoms with Gasteiger partial charge in [0.1, 0.15) is 0 Å². The van der Waals surface area contributed by atoms with Crippen LogP contribution in [0.25, 0.3) is 0 Å². The number of nitrogens with two attached hydrogens (primary N) is 1. The van der Waals surface area contributed by atoms with E-state index in [0.717, 1.165) is 19.6 Å². The zero-order valence-electron chi connectivity index (χ0n) is 10.3. The quantitative estimate of drug-likeness (QED) is 0.684. The van der Waals surface area contributed by atoms with Crippen molar-refractivity contribution in [3.8, 4) is 0 Å². The molecule has 3 nitrogen and oxygen atoms in total. The molecule has 0 unspecified atom stereocenters. The van der Waals surface area contributed by atoms with E-state index >= 15 is 0 Å². The predicted octanol–water partition coefficient (Wildman–Crippen LogP) is 1.62. The molecule has 16 heavy (non-hydrogen) atoms. The van der Waals surface area contributed by atoms with E-state index in [4.69, 9.17) is 5.73 Å². The highest BCUT2D eigenvalue weighted by molar-refractivity contribution is 5.20. The molecule has 1 aromatic heterocycles. The highest BCUT2D eigenvalue weighted by atomic mass is 14.9. The number of hydrogen-bond donors (Lipinski definition) is 3. The van der Waals surface area contributed by atoms with E-state index in [1.807, 2.05) is 6.20 Å². The number of rotatable bonds is 6. The molecule has 4 N–H and O–H groups in total. The lowest BCUT2D eigenvalue weighted by molar-refractivity contribution is 0.410. The van der Waals surface area contributed by atoms with Gasteiger partial charge in [-0.2, -0.15) is 0 Å². The molecule has 0 atom stereocenters. The molecule has 0 spiro atoms. The highest BCUT2D eigenvalue weighted by Gasteiger charge is 2.40. The summed E-state index contributed by atoms with van der Waals surface area (Å²) in [6, 6.07) is 2.15. The minimum atomic E-state index is 0.185. The fraction of sp³-hybridized carbons (Fsp3) is 0.692. The molecule has 0 aromatic carbocycles. The molecule has 0 bridgehead atoms. The first-order valence-electron chi connectivity index (χ1n) is 6.12. The summed E-state index contributed by atoms with van der Waals surface area (Å²) < 4.78 is 0. The number of aromatic nitrogens is 1. The van der Waals surface area contributed by atoms with Crippen LogP contribution in [0.2, 0.25) is 0 Å². The van der Waals surface area contributed by atoms with Gasteiger partial charge in [-0.15, -0.1) is 0 Å². The van der Waals surface area contributed by atoms with E-state index in [9.17, 15) is 0 Å². The molecule has 0 radical (unpaired) electrons. The van der Waals surface area contributed by atoms with Gasteiger partial charge < -0.3 is 16.0 Å². The monoisotopic (exact) mass is 221 g/mol. The number of aromatic amines is 1. The van der Waals surface area contributed by atoms with E-state index in [2.05, 4.69) is 36.4 Å². The minimum absolute atomic E-state index is 0.185. The van der Waals surface area contributed by atoms with Gasteiger partial charge >= 0.3 is 0 Å². The number of hydrogen-bond acceptors (Lipinski definition) is 2. The Hall–Kier alpha value is -0.800. The van der Waals surface area contributed by atoms with Gasteiger partial charge in [0.05, 0.1) is 0 Å². The third-order valence-electron chi connectivity index (χ3n) is 3.84. The fourth-order valence-corrected chi connectivity index (χ4v) is 2.12. The van der Waals surface area contributed by atoms with Gasteiger partial charge in [0.2, 0.25) is 0 Å². The minimum Gasteiger partial charge on any atom is -0.367 e. The van der Waals surface area contributed by atoms with Gasteiger partial charge in [0.25, 0.3) is 0 Å². The van der Waals surface area contributed by atoms with Crippen molar-refractivity contribution in [2.75, 3.05) is 19.6 Å². The van der Waals surface area contributed by atoms with E-state index < -0.39 is 0 Å². The van der Waals surface area contributed by atoms with Crippen LogP contribution in [0, 0.1) is 5.41 Å². The van der Waals surface area contributed by atoms with Crippen LogP contribution >= 0.6 is 0 Å². The van der Waals surface area contributed by atoms with E-state index in [0.29, 0.717) is 5.41 Å². The van der Waals surface area contributed by atoms with E-state index in [1.54, 1.807) is 0 Å². The Balaban J connectivity index is 1.81. The average Bonchev–Trinajstić information content (AvgIpc) is 2.81. The van der Waals surface area contributed by atoms with Crippen molar-refractivity contribution in [1.82, 2.24) is 10.3 Å². The zero-order valence-corrected chi connectivity index (χ0v) is 10.3. The van der Waals surface area contributed by atoms with Crippen LogP contribution < -0.4 is 11.1 Å². The molecule has 0 aliphatic heterocycles. The van der Waals surface area contributed by atoms with Gasteiger partial charge in [0, 0.05) is 30.9 Å².